The van der Waals surface area contributed by atoms with Gasteiger partial charge in [-0.05, 0) is 12.0 Å². The molecule has 6 nitrogen and oxygen atoms in total. The van der Waals surface area contributed by atoms with Crippen LogP contribution in [0.5, 0.6) is 0 Å². The summed E-state index contributed by atoms with van der Waals surface area (Å²) in [5.41, 5.74) is 1.35. The van der Waals surface area contributed by atoms with Gasteiger partial charge in [-0.1, -0.05) is 37.3 Å². The Morgan fingerprint density at radius 1 is 1.26 bits per heavy atom. The first-order valence-corrected chi connectivity index (χ1v) is 7.57. The van der Waals surface area contributed by atoms with Crippen molar-refractivity contribution in [1.29, 1.82) is 0 Å². The first-order chi connectivity index (χ1) is 10.7. The van der Waals surface area contributed by atoms with Crippen molar-refractivity contribution in [2.45, 2.75) is 25.8 Å². The second-order valence-corrected chi connectivity index (χ2v) is 5.12. The fraction of sp³-hybridized carbons (Fsp3) is 0.438. The van der Waals surface area contributed by atoms with Gasteiger partial charge < -0.3 is 10.6 Å². The molecule has 0 saturated heterocycles. The molecule has 1 aromatic carbocycles. The van der Waals surface area contributed by atoms with Gasteiger partial charge in [-0.15, -0.1) is 24.0 Å². The highest BCUT2D eigenvalue weighted by molar-refractivity contribution is 14.0. The molecule has 1 heterocycles. The molecular weight excluding hydrogens is 403 g/mol. The standard InChI is InChI=1S/C16H24N6.HI/c1-4-13(14-8-6-5-7-9-14)10-18-16(17-2)19-11-15-20-12-21-22(15)3;/h5-9,12-13H,4,10-11H2,1-3H3,(H2,17,18,19);1H. The van der Waals surface area contributed by atoms with Gasteiger partial charge in [0.2, 0.25) is 0 Å². The monoisotopic (exact) mass is 428 g/mol. The van der Waals surface area contributed by atoms with E-state index in [9.17, 15) is 0 Å². The fourth-order valence-corrected chi connectivity index (χ4v) is 2.31. The minimum atomic E-state index is 0. The van der Waals surface area contributed by atoms with Gasteiger partial charge in [-0.2, -0.15) is 5.10 Å². The van der Waals surface area contributed by atoms with Crippen LogP contribution in [0, 0.1) is 0 Å². The van der Waals surface area contributed by atoms with E-state index in [1.807, 2.05) is 13.1 Å². The van der Waals surface area contributed by atoms with Gasteiger partial charge in [-0.3, -0.25) is 9.67 Å². The van der Waals surface area contributed by atoms with Gasteiger partial charge in [0, 0.05) is 26.6 Å². The maximum atomic E-state index is 4.25. The number of nitrogens with zero attached hydrogens (tertiary/aromatic N) is 4. The number of nitrogens with one attached hydrogen (secondary N) is 2. The van der Waals surface area contributed by atoms with Crippen molar-refractivity contribution in [3.8, 4) is 0 Å². The third kappa shape index (κ3) is 5.81. The number of aryl methyl sites for hydroxylation is 1. The lowest BCUT2D eigenvalue weighted by Gasteiger charge is -2.18. The SMILES string of the molecule is CCC(CNC(=NC)NCc1ncnn1C)c1ccccc1.I. The molecule has 23 heavy (non-hydrogen) atoms. The zero-order valence-corrected chi connectivity index (χ0v) is 16.2. The van der Waals surface area contributed by atoms with Gasteiger partial charge >= 0.3 is 0 Å². The van der Waals surface area contributed by atoms with E-state index in [0.717, 1.165) is 24.7 Å². The van der Waals surface area contributed by atoms with Gasteiger partial charge in [0.15, 0.2) is 5.96 Å². The highest BCUT2D eigenvalue weighted by Gasteiger charge is 2.10. The normalized spacial score (nSPS) is 12.4. The van der Waals surface area contributed by atoms with Crippen molar-refractivity contribution in [2.24, 2.45) is 12.0 Å². The van der Waals surface area contributed by atoms with Crippen LogP contribution in [-0.2, 0) is 13.6 Å². The number of hydrogen-bond donors (Lipinski definition) is 2. The number of aliphatic imine (C=N–C) groups is 1. The third-order valence-corrected chi connectivity index (χ3v) is 3.72. The van der Waals surface area contributed by atoms with Crippen molar-refractivity contribution in [3.63, 3.8) is 0 Å². The summed E-state index contributed by atoms with van der Waals surface area (Å²) in [6.45, 7) is 3.65. The van der Waals surface area contributed by atoms with E-state index in [4.69, 9.17) is 0 Å². The van der Waals surface area contributed by atoms with Crippen molar-refractivity contribution in [2.75, 3.05) is 13.6 Å². The largest absolute Gasteiger partial charge is 0.356 e. The predicted molar refractivity (Wildman–Crippen MR) is 104 cm³/mol. The Hall–Kier alpha value is -1.64. The summed E-state index contributed by atoms with van der Waals surface area (Å²) < 4.78 is 1.75. The first kappa shape index (κ1) is 19.4. The number of rotatable bonds is 6. The number of aromatic nitrogens is 3. The van der Waals surface area contributed by atoms with E-state index < -0.39 is 0 Å². The van der Waals surface area contributed by atoms with Gasteiger partial charge in [0.1, 0.15) is 12.2 Å². The minimum Gasteiger partial charge on any atom is -0.356 e. The van der Waals surface area contributed by atoms with E-state index in [-0.39, 0.29) is 24.0 Å². The lowest BCUT2D eigenvalue weighted by Crippen LogP contribution is -2.39. The average molecular weight is 428 g/mol. The Bertz CT molecular complexity index is 596. The minimum absolute atomic E-state index is 0. The van der Waals surface area contributed by atoms with Crippen LogP contribution < -0.4 is 10.6 Å². The zero-order chi connectivity index (χ0) is 15.8. The molecule has 0 saturated carbocycles. The van der Waals surface area contributed by atoms with Crippen molar-refractivity contribution in [1.82, 2.24) is 25.4 Å². The molecule has 0 aliphatic heterocycles. The highest BCUT2D eigenvalue weighted by atomic mass is 127. The van der Waals surface area contributed by atoms with Crippen molar-refractivity contribution < 1.29 is 0 Å². The van der Waals surface area contributed by atoms with E-state index in [0.29, 0.717) is 12.5 Å². The molecule has 0 aliphatic rings. The molecule has 7 heteroatoms. The summed E-state index contributed by atoms with van der Waals surface area (Å²) in [6.07, 6.45) is 2.63. The maximum Gasteiger partial charge on any atom is 0.191 e. The quantitative estimate of drug-likeness (QED) is 0.421. The van der Waals surface area contributed by atoms with Gasteiger partial charge in [0.05, 0.1) is 6.54 Å². The van der Waals surface area contributed by atoms with Crippen LogP contribution in [0.3, 0.4) is 0 Å². The summed E-state index contributed by atoms with van der Waals surface area (Å²) in [5.74, 6) is 2.12. The topological polar surface area (TPSA) is 67.1 Å². The molecule has 0 radical (unpaired) electrons. The van der Waals surface area contributed by atoms with Crippen LogP contribution >= 0.6 is 24.0 Å². The van der Waals surface area contributed by atoms with Crippen LogP contribution in [0.1, 0.15) is 30.7 Å². The number of hydrogen-bond acceptors (Lipinski definition) is 3. The van der Waals surface area contributed by atoms with Gasteiger partial charge in [-0.25, -0.2) is 4.98 Å². The Labute approximate surface area is 154 Å². The Kier molecular flexibility index (Phi) is 8.60. The molecule has 0 amide bonds. The first-order valence-electron chi connectivity index (χ1n) is 7.57. The van der Waals surface area contributed by atoms with Crippen molar-refractivity contribution in [3.05, 3.63) is 48.0 Å². The summed E-state index contributed by atoms with van der Waals surface area (Å²) in [7, 11) is 3.65. The van der Waals surface area contributed by atoms with Crippen LogP contribution in [0.4, 0.5) is 0 Å². The number of guanidine groups is 1. The van der Waals surface area contributed by atoms with Crippen LogP contribution in [-0.4, -0.2) is 34.3 Å². The van der Waals surface area contributed by atoms with E-state index >= 15 is 0 Å². The van der Waals surface area contributed by atoms with E-state index in [2.05, 4.69) is 56.9 Å². The van der Waals surface area contributed by atoms with E-state index in [1.54, 1.807) is 18.1 Å². The molecule has 1 unspecified atom stereocenters. The Balaban J connectivity index is 0.00000264. The van der Waals surface area contributed by atoms with Crippen LogP contribution in [0.2, 0.25) is 0 Å². The molecule has 126 valence electrons. The lowest BCUT2D eigenvalue weighted by molar-refractivity contribution is 0.623. The van der Waals surface area contributed by atoms with Crippen LogP contribution in [0.25, 0.3) is 0 Å². The summed E-state index contributed by atoms with van der Waals surface area (Å²) in [4.78, 5) is 8.44. The molecular formula is C16H25IN6. The molecule has 2 aromatic rings. The highest BCUT2D eigenvalue weighted by Crippen LogP contribution is 2.17. The summed E-state index contributed by atoms with van der Waals surface area (Å²) in [5, 5.41) is 10.7. The Morgan fingerprint density at radius 3 is 2.57 bits per heavy atom. The molecule has 0 spiro atoms. The molecule has 2 N–H and O–H groups in total. The Morgan fingerprint density at radius 2 is 2.00 bits per heavy atom. The fourth-order valence-electron chi connectivity index (χ4n) is 2.31. The van der Waals surface area contributed by atoms with Crippen LogP contribution in [0.15, 0.2) is 41.7 Å². The molecule has 0 fully saturated rings. The summed E-state index contributed by atoms with van der Waals surface area (Å²) >= 11 is 0. The smallest absolute Gasteiger partial charge is 0.191 e. The second kappa shape index (κ2) is 10.2. The number of benzene rings is 1. The average Bonchev–Trinajstić information content (AvgIpc) is 2.97. The van der Waals surface area contributed by atoms with Crippen molar-refractivity contribution >= 4 is 29.9 Å². The lowest BCUT2D eigenvalue weighted by atomic mass is 9.97. The predicted octanol–water partition coefficient (Wildman–Crippen LogP) is 2.29. The molecule has 1 atom stereocenters. The molecule has 0 aliphatic carbocycles. The molecule has 2 rings (SSSR count). The zero-order valence-electron chi connectivity index (χ0n) is 13.9. The number of halogens is 1. The summed E-state index contributed by atoms with van der Waals surface area (Å²) in [6, 6.07) is 10.6. The third-order valence-electron chi connectivity index (χ3n) is 3.72. The van der Waals surface area contributed by atoms with E-state index in [1.165, 1.54) is 5.56 Å². The molecule has 1 aromatic heterocycles. The maximum absolute atomic E-state index is 4.25. The molecule has 0 bridgehead atoms. The second-order valence-electron chi connectivity index (χ2n) is 5.12. The van der Waals surface area contributed by atoms with Gasteiger partial charge in [0.25, 0.3) is 0 Å².